The van der Waals surface area contributed by atoms with Crippen LogP contribution >= 0.6 is 0 Å². The van der Waals surface area contributed by atoms with Crippen LogP contribution in [0.25, 0.3) is 0 Å². The summed E-state index contributed by atoms with van der Waals surface area (Å²) < 4.78 is 4.90. The van der Waals surface area contributed by atoms with Gasteiger partial charge in [0.05, 0.1) is 6.54 Å². The predicted molar refractivity (Wildman–Crippen MR) is 62.8 cm³/mol. The lowest BCUT2D eigenvalue weighted by Gasteiger charge is -2.38. The van der Waals surface area contributed by atoms with E-state index < -0.39 is 5.41 Å². The molecule has 0 radical (unpaired) electrons. The van der Waals surface area contributed by atoms with Gasteiger partial charge in [0.15, 0.2) is 5.84 Å². The zero-order valence-corrected chi connectivity index (χ0v) is 10.1. The van der Waals surface area contributed by atoms with E-state index in [2.05, 4.69) is 15.6 Å². The van der Waals surface area contributed by atoms with Crippen LogP contribution < -0.4 is 11.1 Å². The molecule has 1 aromatic heterocycles. The molecule has 4 N–H and O–H groups in total. The minimum absolute atomic E-state index is 0.0254. The van der Waals surface area contributed by atoms with E-state index in [0.717, 1.165) is 6.42 Å². The van der Waals surface area contributed by atoms with Crippen LogP contribution in [0.15, 0.2) is 15.7 Å². The van der Waals surface area contributed by atoms with Crippen molar-refractivity contribution in [2.24, 2.45) is 16.3 Å². The molecule has 0 spiro atoms. The van der Waals surface area contributed by atoms with E-state index in [4.69, 9.17) is 15.5 Å². The van der Waals surface area contributed by atoms with Crippen LogP contribution in [-0.2, 0) is 11.3 Å². The van der Waals surface area contributed by atoms with Crippen molar-refractivity contribution >= 4 is 11.7 Å². The van der Waals surface area contributed by atoms with E-state index in [1.807, 2.05) is 0 Å². The van der Waals surface area contributed by atoms with E-state index in [-0.39, 0.29) is 18.3 Å². The number of rotatable bonds is 4. The predicted octanol–water partition coefficient (Wildman–Crippen LogP) is 0.516. The van der Waals surface area contributed by atoms with Crippen molar-refractivity contribution in [1.29, 1.82) is 0 Å². The Balaban J connectivity index is 1.99. The molecule has 1 aliphatic carbocycles. The number of carbonyl (C=O) groups excluding carboxylic acids is 1. The van der Waals surface area contributed by atoms with Crippen LogP contribution in [0.4, 0.5) is 0 Å². The number of amidine groups is 1. The molecule has 0 aromatic carbocycles. The Morgan fingerprint density at radius 1 is 1.72 bits per heavy atom. The fourth-order valence-electron chi connectivity index (χ4n) is 2.07. The zero-order valence-electron chi connectivity index (χ0n) is 10.1. The Hall–Kier alpha value is -2.05. The molecule has 1 aliphatic rings. The molecular formula is C11H16N4O3. The second kappa shape index (κ2) is 4.67. The minimum Gasteiger partial charge on any atom is -0.409 e. The summed E-state index contributed by atoms with van der Waals surface area (Å²) in [7, 11) is 0. The number of nitrogens with one attached hydrogen (secondary N) is 1. The number of aryl methyl sites for hydroxylation is 1. The third-order valence-corrected chi connectivity index (χ3v) is 3.35. The maximum Gasteiger partial charge on any atom is 0.234 e. The molecule has 0 bridgehead atoms. The zero-order chi connectivity index (χ0) is 13.2. The van der Waals surface area contributed by atoms with Crippen LogP contribution in [-0.4, -0.2) is 22.1 Å². The van der Waals surface area contributed by atoms with Crippen LogP contribution in [0.3, 0.4) is 0 Å². The first-order chi connectivity index (χ1) is 8.58. The Morgan fingerprint density at radius 2 is 2.44 bits per heavy atom. The standard InChI is InChI=1S/C11H16N4O3/c1-7-5-8(15-18-7)6-13-10(16)11(3-2-4-11)9(12)14-17/h5,17H,2-4,6H2,1H3,(H2,12,14)(H,13,16). The van der Waals surface area contributed by atoms with Crippen molar-refractivity contribution in [3.63, 3.8) is 0 Å². The average Bonchev–Trinajstić information content (AvgIpc) is 2.70. The summed E-state index contributed by atoms with van der Waals surface area (Å²) in [5, 5.41) is 18.2. The summed E-state index contributed by atoms with van der Waals surface area (Å²) in [5.74, 6) is 0.432. The van der Waals surface area contributed by atoms with Gasteiger partial charge in [-0.2, -0.15) is 0 Å². The fourth-order valence-corrected chi connectivity index (χ4v) is 2.07. The second-order valence-corrected chi connectivity index (χ2v) is 4.53. The Labute approximate surface area is 104 Å². The number of nitrogens with two attached hydrogens (primary N) is 1. The van der Waals surface area contributed by atoms with E-state index >= 15 is 0 Å². The number of aromatic nitrogens is 1. The molecule has 98 valence electrons. The van der Waals surface area contributed by atoms with Gasteiger partial charge in [0, 0.05) is 6.07 Å². The molecule has 2 rings (SSSR count). The number of hydrogen-bond donors (Lipinski definition) is 3. The van der Waals surface area contributed by atoms with E-state index in [1.165, 1.54) is 0 Å². The van der Waals surface area contributed by atoms with Gasteiger partial charge in [-0.3, -0.25) is 4.79 Å². The summed E-state index contributed by atoms with van der Waals surface area (Å²) in [4.78, 5) is 12.1. The van der Waals surface area contributed by atoms with Gasteiger partial charge < -0.3 is 20.8 Å². The fraction of sp³-hybridized carbons (Fsp3) is 0.545. The lowest BCUT2D eigenvalue weighted by Crippen LogP contribution is -2.53. The highest BCUT2D eigenvalue weighted by atomic mass is 16.5. The smallest absolute Gasteiger partial charge is 0.234 e. The Kier molecular flexibility index (Phi) is 3.22. The topological polar surface area (TPSA) is 114 Å². The number of nitrogens with zero attached hydrogens (tertiary/aromatic N) is 2. The van der Waals surface area contributed by atoms with Crippen LogP contribution in [0.5, 0.6) is 0 Å². The van der Waals surface area contributed by atoms with Crippen molar-refractivity contribution in [2.75, 3.05) is 0 Å². The highest BCUT2D eigenvalue weighted by molar-refractivity contribution is 6.07. The quantitative estimate of drug-likeness (QED) is 0.313. The van der Waals surface area contributed by atoms with Crippen LogP contribution in [0.1, 0.15) is 30.7 Å². The lowest BCUT2D eigenvalue weighted by molar-refractivity contribution is -0.131. The molecule has 7 heteroatoms. The van der Waals surface area contributed by atoms with E-state index in [1.54, 1.807) is 13.0 Å². The minimum atomic E-state index is -0.854. The molecule has 18 heavy (non-hydrogen) atoms. The van der Waals surface area contributed by atoms with Gasteiger partial charge in [-0.15, -0.1) is 0 Å². The largest absolute Gasteiger partial charge is 0.409 e. The second-order valence-electron chi connectivity index (χ2n) is 4.53. The lowest BCUT2D eigenvalue weighted by atomic mass is 9.67. The highest BCUT2D eigenvalue weighted by Gasteiger charge is 2.48. The molecular weight excluding hydrogens is 236 g/mol. The molecule has 0 unspecified atom stereocenters. The molecule has 0 aliphatic heterocycles. The number of hydrogen-bond acceptors (Lipinski definition) is 5. The highest BCUT2D eigenvalue weighted by Crippen LogP contribution is 2.41. The van der Waals surface area contributed by atoms with Crippen molar-refractivity contribution in [1.82, 2.24) is 10.5 Å². The first-order valence-corrected chi connectivity index (χ1v) is 5.77. The summed E-state index contributed by atoms with van der Waals surface area (Å²) in [6, 6.07) is 1.75. The Bertz CT molecular complexity index is 476. The molecule has 1 fully saturated rings. The van der Waals surface area contributed by atoms with Crippen LogP contribution in [0, 0.1) is 12.3 Å². The molecule has 1 heterocycles. The van der Waals surface area contributed by atoms with Gasteiger partial charge in [-0.05, 0) is 19.8 Å². The van der Waals surface area contributed by atoms with Gasteiger partial charge in [0.1, 0.15) is 16.9 Å². The van der Waals surface area contributed by atoms with E-state index in [0.29, 0.717) is 24.3 Å². The number of amides is 1. The van der Waals surface area contributed by atoms with Crippen molar-refractivity contribution < 1.29 is 14.5 Å². The van der Waals surface area contributed by atoms with E-state index in [9.17, 15) is 4.79 Å². The van der Waals surface area contributed by atoms with Crippen molar-refractivity contribution in [3.8, 4) is 0 Å². The normalized spacial score (nSPS) is 18.2. The third-order valence-electron chi connectivity index (χ3n) is 3.35. The first kappa shape index (κ1) is 12.4. The summed E-state index contributed by atoms with van der Waals surface area (Å²) >= 11 is 0. The van der Waals surface area contributed by atoms with Crippen molar-refractivity contribution in [3.05, 3.63) is 17.5 Å². The van der Waals surface area contributed by atoms with Gasteiger partial charge in [-0.25, -0.2) is 0 Å². The monoisotopic (exact) mass is 252 g/mol. The van der Waals surface area contributed by atoms with Gasteiger partial charge in [0.25, 0.3) is 0 Å². The SMILES string of the molecule is Cc1cc(CNC(=O)C2(C(N)=NO)CCC2)no1. The number of oxime groups is 1. The molecule has 7 nitrogen and oxygen atoms in total. The summed E-state index contributed by atoms with van der Waals surface area (Å²) in [6.45, 7) is 2.05. The van der Waals surface area contributed by atoms with Crippen molar-refractivity contribution in [2.45, 2.75) is 32.7 Å². The van der Waals surface area contributed by atoms with Gasteiger partial charge in [0.2, 0.25) is 5.91 Å². The van der Waals surface area contributed by atoms with Crippen LogP contribution in [0.2, 0.25) is 0 Å². The average molecular weight is 252 g/mol. The first-order valence-electron chi connectivity index (χ1n) is 5.77. The maximum absolute atomic E-state index is 12.1. The molecule has 1 aromatic rings. The summed E-state index contributed by atoms with van der Waals surface area (Å²) in [6.07, 6.45) is 2.10. The maximum atomic E-state index is 12.1. The third kappa shape index (κ3) is 2.03. The van der Waals surface area contributed by atoms with Gasteiger partial charge >= 0.3 is 0 Å². The molecule has 1 saturated carbocycles. The molecule has 1 amide bonds. The number of carbonyl (C=O) groups is 1. The molecule has 0 atom stereocenters. The molecule has 0 saturated heterocycles. The summed E-state index contributed by atoms with van der Waals surface area (Å²) in [5.41, 5.74) is 5.39. The Morgan fingerprint density at radius 3 is 2.89 bits per heavy atom. The van der Waals surface area contributed by atoms with Gasteiger partial charge in [-0.1, -0.05) is 16.7 Å².